The van der Waals surface area contributed by atoms with Crippen molar-refractivity contribution in [3.8, 4) is 0 Å². The Kier molecular flexibility index (Phi) is 4.34. The first-order valence-electron chi connectivity index (χ1n) is 7.54. The molecule has 2 atom stereocenters. The SMILES string of the molecule is Cc1noc(C)c1CNC1CCCCC1C(C)(C)C. The average molecular weight is 264 g/mol. The van der Waals surface area contributed by atoms with Gasteiger partial charge in [0.15, 0.2) is 0 Å². The fourth-order valence-electron chi connectivity index (χ4n) is 3.40. The molecule has 3 heteroatoms. The van der Waals surface area contributed by atoms with E-state index < -0.39 is 0 Å². The number of aryl methyl sites for hydroxylation is 2. The molecule has 2 unspecified atom stereocenters. The van der Waals surface area contributed by atoms with Gasteiger partial charge < -0.3 is 9.84 Å². The maximum absolute atomic E-state index is 5.24. The highest BCUT2D eigenvalue weighted by Gasteiger charge is 2.33. The number of hydrogen-bond donors (Lipinski definition) is 1. The summed E-state index contributed by atoms with van der Waals surface area (Å²) in [6, 6.07) is 0.627. The van der Waals surface area contributed by atoms with Gasteiger partial charge in [0.1, 0.15) is 5.76 Å². The lowest BCUT2D eigenvalue weighted by Gasteiger charge is -2.41. The number of hydrogen-bond acceptors (Lipinski definition) is 3. The molecule has 0 aromatic carbocycles. The van der Waals surface area contributed by atoms with E-state index in [4.69, 9.17) is 4.52 Å². The van der Waals surface area contributed by atoms with Gasteiger partial charge in [0, 0.05) is 18.2 Å². The smallest absolute Gasteiger partial charge is 0.138 e. The van der Waals surface area contributed by atoms with Crippen molar-refractivity contribution in [1.29, 1.82) is 0 Å². The normalized spacial score (nSPS) is 24.7. The van der Waals surface area contributed by atoms with Crippen LogP contribution in [0, 0.1) is 25.2 Å². The minimum atomic E-state index is 0.386. The molecular formula is C16H28N2O. The summed E-state index contributed by atoms with van der Waals surface area (Å²) in [5.74, 6) is 1.72. The molecule has 1 fully saturated rings. The molecule has 108 valence electrons. The van der Waals surface area contributed by atoms with Crippen LogP contribution in [0.3, 0.4) is 0 Å². The Morgan fingerprint density at radius 3 is 2.47 bits per heavy atom. The third-order valence-electron chi connectivity index (χ3n) is 4.60. The van der Waals surface area contributed by atoms with E-state index >= 15 is 0 Å². The average Bonchev–Trinajstić information content (AvgIpc) is 2.66. The van der Waals surface area contributed by atoms with Gasteiger partial charge in [-0.15, -0.1) is 0 Å². The summed E-state index contributed by atoms with van der Waals surface area (Å²) < 4.78 is 5.24. The van der Waals surface area contributed by atoms with Crippen molar-refractivity contribution in [2.75, 3.05) is 0 Å². The van der Waals surface area contributed by atoms with Crippen LogP contribution in [0.25, 0.3) is 0 Å². The lowest BCUT2D eigenvalue weighted by Crippen LogP contribution is -2.44. The van der Waals surface area contributed by atoms with Crippen LogP contribution in [-0.4, -0.2) is 11.2 Å². The molecule has 3 nitrogen and oxygen atoms in total. The monoisotopic (exact) mass is 264 g/mol. The molecule has 0 radical (unpaired) electrons. The van der Waals surface area contributed by atoms with Gasteiger partial charge in [0.25, 0.3) is 0 Å². The summed E-state index contributed by atoms with van der Waals surface area (Å²) in [6.45, 7) is 12.0. The molecule has 1 aromatic rings. The van der Waals surface area contributed by atoms with E-state index in [9.17, 15) is 0 Å². The summed E-state index contributed by atoms with van der Waals surface area (Å²) >= 11 is 0. The zero-order chi connectivity index (χ0) is 14.0. The lowest BCUT2D eigenvalue weighted by molar-refractivity contribution is 0.130. The molecule has 1 saturated carbocycles. The standard InChI is InChI=1S/C16H28N2O/c1-11-13(12(2)19-18-11)10-17-15-9-7-6-8-14(15)16(3,4)5/h14-15,17H,6-10H2,1-5H3. The molecule has 0 saturated heterocycles. The highest BCUT2D eigenvalue weighted by atomic mass is 16.5. The maximum atomic E-state index is 5.24. The van der Waals surface area contributed by atoms with Crippen LogP contribution in [0.15, 0.2) is 4.52 Å². The second kappa shape index (κ2) is 5.66. The Labute approximate surface area is 117 Å². The zero-order valence-electron chi connectivity index (χ0n) is 13.0. The van der Waals surface area contributed by atoms with Crippen LogP contribution in [0.2, 0.25) is 0 Å². The van der Waals surface area contributed by atoms with Crippen molar-refractivity contribution >= 4 is 0 Å². The third kappa shape index (κ3) is 3.38. The van der Waals surface area contributed by atoms with Crippen LogP contribution >= 0.6 is 0 Å². The van der Waals surface area contributed by atoms with E-state index in [0.717, 1.165) is 23.9 Å². The minimum absolute atomic E-state index is 0.386. The van der Waals surface area contributed by atoms with Crippen molar-refractivity contribution in [2.24, 2.45) is 11.3 Å². The number of nitrogens with one attached hydrogen (secondary N) is 1. The van der Waals surface area contributed by atoms with Gasteiger partial charge in [-0.3, -0.25) is 0 Å². The van der Waals surface area contributed by atoms with Gasteiger partial charge in [-0.25, -0.2) is 0 Å². The lowest BCUT2D eigenvalue weighted by atomic mass is 9.69. The first kappa shape index (κ1) is 14.6. The van der Waals surface area contributed by atoms with Crippen molar-refractivity contribution < 1.29 is 4.52 Å². The van der Waals surface area contributed by atoms with Crippen molar-refractivity contribution in [3.63, 3.8) is 0 Å². The molecule has 1 aliphatic carbocycles. The van der Waals surface area contributed by atoms with Gasteiger partial charge in [0.2, 0.25) is 0 Å². The van der Waals surface area contributed by atoms with Gasteiger partial charge in [-0.05, 0) is 38.0 Å². The molecule has 0 bridgehead atoms. The Balaban J connectivity index is 2.01. The second-order valence-electron chi connectivity index (χ2n) is 7.05. The van der Waals surface area contributed by atoms with E-state index in [1.54, 1.807) is 0 Å². The van der Waals surface area contributed by atoms with E-state index in [1.807, 2.05) is 13.8 Å². The first-order valence-corrected chi connectivity index (χ1v) is 7.54. The quantitative estimate of drug-likeness (QED) is 0.897. The van der Waals surface area contributed by atoms with Crippen LogP contribution < -0.4 is 5.32 Å². The molecule has 0 aliphatic heterocycles. The zero-order valence-corrected chi connectivity index (χ0v) is 13.0. The fraction of sp³-hybridized carbons (Fsp3) is 0.812. The summed E-state index contributed by atoms with van der Waals surface area (Å²) in [6.07, 6.45) is 5.38. The van der Waals surface area contributed by atoms with Crippen LogP contribution in [0.5, 0.6) is 0 Å². The van der Waals surface area contributed by atoms with E-state index in [-0.39, 0.29) is 0 Å². The Hall–Kier alpha value is -0.830. The minimum Gasteiger partial charge on any atom is -0.361 e. The largest absolute Gasteiger partial charge is 0.361 e. The van der Waals surface area contributed by atoms with Gasteiger partial charge in [-0.2, -0.15) is 0 Å². The highest BCUT2D eigenvalue weighted by molar-refractivity contribution is 5.20. The molecular weight excluding hydrogens is 236 g/mol. The Morgan fingerprint density at radius 1 is 1.21 bits per heavy atom. The summed E-state index contributed by atoms with van der Waals surface area (Å²) in [7, 11) is 0. The second-order valence-corrected chi connectivity index (χ2v) is 7.05. The molecule has 2 rings (SSSR count). The summed E-state index contributed by atoms with van der Waals surface area (Å²) in [5, 5.41) is 7.79. The molecule has 19 heavy (non-hydrogen) atoms. The number of nitrogens with zero attached hydrogens (tertiary/aromatic N) is 1. The molecule has 1 aromatic heterocycles. The van der Waals surface area contributed by atoms with Crippen LogP contribution in [0.4, 0.5) is 0 Å². The first-order chi connectivity index (χ1) is 8.89. The fourth-order valence-corrected chi connectivity index (χ4v) is 3.40. The highest BCUT2D eigenvalue weighted by Crippen LogP contribution is 2.38. The summed E-state index contributed by atoms with van der Waals surface area (Å²) in [4.78, 5) is 0. The van der Waals surface area contributed by atoms with E-state index in [1.165, 1.54) is 31.2 Å². The van der Waals surface area contributed by atoms with Crippen LogP contribution in [0.1, 0.15) is 63.5 Å². The van der Waals surface area contributed by atoms with Gasteiger partial charge in [-0.1, -0.05) is 38.8 Å². The Bertz CT molecular complexity index is 397. The van der Waals surface area contributed by atoms with E-state index in [2.05, 4.69) is 31.2 Å². The van der Waals surface area contributed by atoms with E-state index in [0.29, 0.717) is 11.5 Å². The molecule has 1 N–H and O–H groups in total. The molecule has 0 amide bonds. The van der Waals surface area contributed by atoms with Crippen molar-refractivity contribution in [3.05, 3.63) is 17.0 Å². The topological polar surface area (TPSA) is 38.1 Å². The van der Waals surface area contributed by atoms with Crippen LogP contribution in [-0.2, 0) is 6.54 Å². The summed E-state index contributed by atoms with van der Waals surface area (Å²) in [5.41, 5.74) is 2.64. The predicted molar refractivity (Wildman–Crippen MR) is 78.0 cm³/mol. The Morgan fingerprint density at radius 2 is 1.89 bits per heavy atom. The van der Waals surface area contributed by atoms with Gasteiger partial charge >= 0.3 is 0 Å². The molecule has 0 spiro atoms. The molecule has 1 aliphatic rings. The maximum Gasteiger partial charge on any atom is 0.138 e. The van der Waals surface area contributed by atoms with Crippen molar-refractivity contribution in [1.82, 2.24) is 10.5 Å². The van der Waals surface area contributed by atoms with Crippen molar-refractivity contribution in [2.45, 2.75) is 72.9 Å². The third-order valence-corrected chi connectivity index (χ3v) is 4.60. The molecule has 1 heterocycles. The van der Waals surface area contributed by atoms with Gasteiger partial charge in [0.05, 0.1) is 5.69 Å². The number of rotatable bonds is 3. The number of aromatic nitrogens is 1. The predicted octanol–water partition coefficient (Wildman–Crippen LogP) is 3.99.